The third-order valence-corrected chi connectivity index (χ3v) is 4.98. The molecule has 0 radical (unpaired) electrons. The van der Waals surface area contributed by atoms with Gasteiger partial charge in [0, 0.05) is 20.0 Å². The lowest BCUT2D eigenvalue weighted by atomic mass is 9.79. The normalized spacial score (nSPS) is 16.6. The zero-order valence-electron chi connectivity index (χ0n) is 14.4. The van der Waals surface area contributed by atoms with Crippen molar-refractivity contribution >= 4 is 5.91 Å². The Kier molecular flexibility index (Phi) is 4.51. The maximum atomic E-state index is 12.1. The minimum absolute atomic E-state index is 0.0251. The van der Waals surface area contributed by atoms with Crippen LogP contribution in [0, 0.1) is 0 Å². The molecule has 0 unspecified atom stereocenters. The number of tetrazole rings is 1. The Bertz CT molecular complexity index is 721. The van der Waals surface area contributed by atoms with Crippen LogP contribution in [0.15, 0.2) is 24.3 Å². The summed E-state index contributed by atoms with van der Waals surface area (Å²) in [6, 6.07) is 7.62. The summed E-state index contributed by atoms with van der Waals surface area (Å²) in [4.78, 5) is 13.9. The number of carbonyl (C=O) groups is 1. The smallest absolute Gasteiger partial charge is 0.220 e. The maximum Gasteiger partial charge on any atom is 0.220 e. The molecule has 0 saturated heterocycles. The van der Waals surface area contributed by atoms with Gasteiger partial charge in [0.25, 0.3) is 0 Å². The first-order valence-corrected chi connectivity index (χ1v) is 8.26. The quantitative estimate of drug-likeness (QED) is 0.860. The first kappa shape index (κ1) is 16.4. The zero-order chi connectivity index (χ0) is 17.2. The molecule has 0 atom stereocenters. The lowest BCUT2D eigenvalue weighted by Crippen LogP contribution is -2.49. The minimum atomic E-state index is -0.462. The van der Waals surface area contributed by atoms with Gasteiger partial charge in [0.1, 0.15) is 11.3 Å². The van der Waals surface area contributed by atoms with E-state index in [0.29, 0.717) is 5.82 Å². The van der Waals surface area contributed by atoms with E-state index >= 15 is 0 Å². The summed E-state index contributed by atoms with van der Waals surface area (Å²) in [6.45, 7) is 1.59. The van der Waals surface area contributed by atoms with E-state index < -0.39 is 5.54 Å². The Morgan fingerprint density at radius 3 is 2.71 bits per heavy atom. The summed E-state index contributed by atoms with van der Waals surface area (Å²) in [5.74, 6) is 1.48. The number of nitrogens with zero attached hydrogens (tertiary/aromatic N) is 5. The second-order valence-corrected chi connectivity index (χ2v) is 6.29. The van der Waals surface area contributed by atoms with Crippen LogP contribution in [0.2, 0.25) is 0 Å². The molecular weight excluding hydrogens is 306 g/mol. The van der Waals surface area contributed by atoms with E-state index in [0.717, 1.165) is 37.1 Å². The molecule has 1 aliphatic carbocycles. The van der Waals surface area contributed by atoms with Crippen molar-refractivity contribution in [3.8, 4) is 11.4 Å². The highest BCUT2D eigenvalue weighted by atomic mass is 16.5. The van der Waals surface area contributed by atoms with Crippen molar-refractivity contribution in [1.29, 1.82) is 0 Å². The highest BCUT2D eigenvalue weighted by Gasteiger charge is 2.44. The van der Waals surface area contributed by atoms with Gasteiger partial charge in [0.15, 0.2) is 5.82 Å². The Morgan fingerprint density at radius 1 is 1.29 bits per heavy atom. The number of hydrogen-bond donors (Lipinski definition) is 0. The third-order valence-electron chi connectivity index (χ3n) is 4.98. The lowest BCUT2D eigenvalue weighted by molar-refractivity contribution is -0.135. The standard InChI is InChI=1S/C17H23N5O2/c1-13(23)21(2)17(10-5-4-6-11-17)16-18-19-20-22(16)14-8-7-9-15(12-14)24-3/h7-9,12H,4-6,10-11H2,1-3H3. The van der Waals surface area contributed by atoms with Gasteiger partial charge in [-0.15, -0.1) is 5.10 Å². The van der Waals surface area contributed by atoms with Gasteiger partial charge in [-0.2, -0.15) is 4.68 Å². The van der Waals surface area contributed by atoms with Crippen molar-refractivity contribution in [1.82, 2.24) is 25.1 Å². The molecule has 0 N–H and O–H groups in total. The molecule has 24 heavy (non-hydrogen) atoms. The van der Waals surface area contributed by atoms with Gasteiger partial charge in [0.05, 0.1) is 12.8 Å². The van der Waals surface area contributed by atoms with Gasteiger partial charge < -0.3 is 9.64 Å². The Morgan fingerprint density at radius 2 is 2.04 bits per heavy atom. The van der Waals surface area contributed by atoms with E-state index in [-0.39, 0.29) is 5.91 Å². The average molecular weight is 329 g/mol. The van der Waals surface area contributed by atoms with Gasteiger partial charge >= 0.3 is 0 Å². The number of rotatable bonds is 4. The highest BCUT2D eigenvalue weighted by Crippen LogP contribution is 2.41. The van der Waals surface area contributed by atoms with Crippen LogP contribution in [0.25, 0.3) is 5.69 Å². The van der Waals surface area contributed by atoms with E-state index in [4.69, 9.17) is 4.74 Å². The molecule has 128 valence electrons. The molecule has 1 aromatic carbocycles. The molecule has 1 fully saturated rings. The second-order valence-electron chi connectivity index (χ2n) is 6.29. The van der Waals surface area contributed by atoms with Crippen molar-refractivity contribution < 1.29 is 9.53 Å². The number of benzene rings is 1. The molecule has 1 aromatic heterocycles. The Hall–Kier alpha value is -2.44. The summed E-state index contributed by atoms with van der Waals surface area (Å²) >= 11 is 0. The molecule has 0 aliphatic heterocycles. The van der Waals surface area contributed by atoms with E-state index in [1.165, 1.54) is 6.42 Å². The van der Waals surface area contributed by atoms with Gasteiger partial charge in [-0.05, 0) is 35.4 Å². The largest absolute Gasteiger partial charge is 0.497 e. The summed E-state index contributed by atoms with van der Waals surface area (Å²) in [5, 5.41) is 12.4. The number of amides is 1. The van der Waals surface area contributed by atoms with Crippen LogP contribution in [0.3, 0.4) is 0 Å². The van der Waals surface area contributed by atoms with Gasteiger partial charge in [-0.1, -0.05) is 25.3 Å². The Labute approximate surface area is 141 Å². The highest BCUT2D eigenvalue weighted by molar-refractivity contribution is 5.74. The first-order chi connectivity index (χ1) is 11.6. The summed E-state index contributed by atoms with van der Waals surface area (Å²) in [6.07, 6.45) is 5.03. The van der Waals surface area contributed by atoms with Gasteiger partial charge in [0.2, 0.25) is 5.91 Å². The number of methoxy groups -OCH3 is 1. The van der Waals surface area contributed by atoms with Crippen molar-refractivity contribution in [3.05, 3.63) is 30.1 Å². The van der Waals surface area contributed by atoms with Crippen molar-refractivity contribution in [2.75, 3.05) is 14.2 Å². The van der Waals surface area contributed by atoms with E-state index in [9.17, 15) is 4.79 Å². The number of ether oxygens (including phenoxy) is 1. The fraction of sp³-hybridized carbons (Fsp3) is 0.529. The fourth-order valence-electron chi connectivity index (χ4n) is 3.54. The lowest BCUT2D eigenvalue weighted by Gasteiger charge is -2.42. The van der Waals surface area contributed by atoms with Crippen LogP contribution in [-0.4, -0.2) is 45.2 Å². The summed E-state index contributed by atoms with van der Waals surface area (Å²) < 4.78 is 7.03. The predicted molar refractivity (Wildman–Crippen MR) is 88.9 cm³/mol. The molecule has 1 aliphatic rings. The van der Waals surface area contributed by atoms with E-state index in [1.807, 2.05) is 31.3 Å². The SMILES string of the molecule is COc1cccc(-n2nnnc2C2(N(C)C(C)=O)CCCCC2)c1. The first-order valence-electron chi connectivity index (χ1n) is 8.26. The number of carbonyl (C=O) groups excluding carboxylic acids is 1. The number of aromatic nitrogens is 4. The molecule has 7 nitrogen and oxygen atoms in total. The molecule has 1 amide bonds. The van der Waals surface area contributed by atoms with E-state index in [2.05, 4.69) is 15.5 Å². The topological polar surface area (TPSA) is 73.1 Å². The van der Waals surface area contributed by atoms with Crippen molar-refractivity contribution in [2.45, 2.75) is 44.6 Å². The third kappa shape index (κ3) is 2.74. The monoisotopic (exact) mass is 329 g/mol. The van der Waals surface area contributed by atoms with Crippen molar-refractivity contribution in [3.63, 3.8) is 0 Å². The predicted octanol–water partition coefficient (Wildman–Crippen LogP) is 2.31. The minimum Gasteiger partial charge on any atom is -0.497 e. The van der Waals surface area contributed by atoms with Crippen LogP contribution in [0.1, 0.15) is 44.9 Å². The average Bonchev–Trinajstić information content (AvgIpc) is 3.12. The molecule has 1 saturated carbocycles. The molecule has 2 aromatic rings. The van der Waals surface area contributed by atoms with Crippen LogP contribution < -0.4 is 4.74 Å². The maximum absolute atomic E-state index is 12.1. The van der Waals surface area contributed by atoms with Crippen LogP contribution in [0.4, 0.5) is 0 Å². The van der Waals surface area contributed by atoms with Gasteiger partial charge in [-0.25, -0.2) is 0 Å². The van der Waals surface area contributed by atoms with Crippen LogP contribution in [0.5, 0.6) is 5.75 Å². The van der Waals surface area contributed by atoms with E-state index in [1.54, 1.807) is 23.6 Å². The number of hydrogen-bond acceptors (Lipinski definition) is 5. The molecular formula is C17H23N5O2. The Balaban J connectivity index is 2.10. The molecule has 0 bridgehead atoms. The molecule has 1 heterocycles. The fourth-order valence-corrected chi connectivity index (χ4v) is 3.54. The molecule has 7 heteroatoms. The van der Waals surface area contributed by atoms with Crippen molar-refractivity contribution in [2.24, 2.45) is 0 Å². The van der Waals surface area contributed by atoms with Crippen LogP contribution >= 0.6 is 0 Å². The molecule has 0 spiro atoms. The summed E-state index contributed by atoms with van der Waals surface area (Å²) in [7, 11) is 3.48. The summed E-state index contributed by atoms with van der Waals surface area (Å²) in [5.41, 5.74) is 0.368. The zero-order valence-corrected chi connectivity index (χ0v) is 14.4. The van der Waals surface area contributed by atoms with Gasteiger partial charge in [-0.3, -0.25) is 4.79 Å². The van der Waals surface area contributed by atoms with Crippen LogP contribution in [-0.2, 0) is 10.3 Å². The second kappa shape index (κ2) is 6.59. The molecule has 3 rings (SSSR count).